The van der Waals surface area contributed by atoms with Crippen LogP contribution in [0.5, 0.6) is 0 Å². The van der Waals surface area contributed by atoms with Gasteiger partial charge in [0.2, 0.25) is 11.8 Å². The highest BCUT2D eigenvalue weighted by Gasteiger charge is 2.20. The molecular weight excluding hydrogens is 260 g/mol. The summed E-state index contributed by atoms with van der Waals surface area (Å²) in [4.78, 5) is 22.8. The fraction of sp³-hybridized carbons (Fsp3) is 0.800. The lowest BCUT2D eigenvalue weighted by Gasteiger charge is -2.23. The Balaban J connectivity index is 4.05. The third-order valence-corrected chi connectivity index (χ3v) is 1.99. The zero-order chi connectivity index (χ0) is 12.1. The molecule has 88 valence electrons. The van der Waals surface area contributed by atoms with Crippen LogP contribution in [0.25, 0.3) is 0 Å². The van der Waals surface area contributed by atoms with Gasteiger partial charge in [0.05, 0.1) is 0 Å². The number of hydrogen-bond donors (Lipinski definition) is 2. The Hall–Kier alpha value is -0.580. The van der Waals surface area contributed by atoms with Crippen LogP contribution in [0.15, 0.2) is 0 Å². The SMILES string of the molecule is CC(NC(=O)CCBr)C(=O)NC(C)(C)C. The van der Waals surface area contributed by atoms with Crippen molar-refractivity contribution < 1.29 is 9.59 Å². The zero-order valence-electron chi connectivity index (χ0n) is 9.69. The van der Waals surface area contributed by atoms with Crippen LogP contribution in [0.3, 0.4) is 0 Å². The van der Waals surface area contributed by atoms with Gasteiger partial charge in [-0.1, -0.05) is 15.9 Å². The molecule has 0 bridgehead atoms. The van der Waals surface area contributed by atoms with E-state index in [-0.39, 0.29) is 17.4 Å². The average molecular weight is 279 g/mol. The molecule has 0 aliphatic carbocycles. The number of alkyl halides is 1. The number of hydrogen-bond acceptors (Lipinski definition) is 2. The molecule has 0 saturated heterocycles. The van der Waals surface area contributed by atoms with E-state index in [0.29, 0.717) is 11.8 Å². The molecule has 5 heteroatoms. The summed E-state index contributed by atoms with van der Waals surface area (Å²) in [5, 5.41) is 6.03. The van der Waals surface area contributed by atoms with Crippen molar-refractivity contribution in [1.29, 1.82) is 0 Å². The summed E-state index contributed by atoms with van der Waals surface area (Å²) in [6.07, 6.45) is 0.382. The maximum absolute atomic E-state index is 11.6. The maximum atomic E-state index is 11.6. The van der Waals surface area contributed by atoms with Crippen molar-refractivity contribution in [3.63, 3.8) is 0 Å². The highest BCUT2D eigenvalue weighted by Crippen LogP contribution is 1.99. The van der Waals surface area contributed by atoms with E-state index in [1.54, 1.807) is 6.92 Å². The summed E-state index contributed by atoms with van der Waals surface area (Å²) in [6, 6.07) is -0.490. The number of amides is 2. The molecule has 0 saturated carbocycles. The highest BCUT2D eigenvalue weighted by atomic mass is 79.9. The lowest BCUT2D eigenvalue weighted by atomic mass is 10.1. The van der Waals surface area contributed by atoms with Gasteiger partial charge in [0.15, 0.2) is 0 Å². The normalized spacial score (nSPS) is 13.1. The van der Waals surface area contributed by atoms with E-state index in [0.717, 1.165) is 0 Å². The van der Waals surface area contributed by atoms with Crippen LogP contribution in [-0.2, 0) is 9.59 Å². The summed E-state index contributed by atoms with van der Waals surface area (Å²) in [6.45, 7) is 7.38. The largest absolute Gasteiger partial charge is 0.350 e. The summed E-state index contributed by atoms with van der Waals surface area (Å²) >= 11 is 3.16. The molecule has 1 unspecified atom stereocenters. The standard InChI is InChI=1S/C10H19BrN2O2/c1-7(12-8(14)5-6-11)9(15)13-10(2,3)4/h7H,5-6H2,1-4H3,(H,12,14)(H,13,15). The molecule has 0 heterocycles. The summed E-state index contributed by atoms with van der Waals surface area (Å²) in [5.41, 5.74) is -0.272. The van der Waals surface area contributed by atoms with E-state index in [9.17, 15) is 9.59 Å². The molecule has 0 aliphatic heterocycles. The second kappa shape index (κ2) is 6.10. The summed E-state index contributed by atoms with van der Waals surface area (Å²) in [5.74, 6) is -0.283. The molecular formula is C10H19BrN2O2. The van der Waals surface area contributed by atoms with Crippen LogP contribution in [-0.4, -0.2) is 28.7 Å². The van der Waals surface area contributed by atoms with Crippen LogP contribution >= 0.6 is 15.9 Å². The topological polar surface area (TPSA) is 58.2 Å². The first-order chi connectivity index (χ1) is 6.76. The van der Waals surface area contributed by atoms with E-state index in [1.165, 1.54) is 0 Å². The third kappa shape index (κ3) is 7.36. The van der Waals surface area contributed by atoms with Crippen molar-refractivity contribution in [3.8, 4) is 0 Å². The van der Waals surface area contributed by atoms with Crippen LogP contribution < -0.4 is 10.6 Å². The van der Waals surface area contributed by atoms with Gasteiger partial charge in [0.25, 0.3) is 0 Å². The molecule has 2 N–H and O–H groups in total. The van der Waals surface area contributed by atoms with E-state index in [2.05, 4.69) is 26.6 Å². The molecule has 4 nitrogen and oxygen atoms in total. The van der Waals surface area contributed by atoms with Gasteiger partial charge in [-0.15, -0.1) is 0 Å². The zero-order valence-corrected chi connectivity index (χ0v) is 11.3. The monoisotopic (exact) mass is 278 g/mol. The predicted molar refractivity (Wildman–Crippen MR) is 63.9 cm³/mol. The Morgan fingerprint density at radius 1 is 1.33 bits per heavy atom. The first kappa shape index (κ1) is 14.4. The molecule has 0 spiro atoms. The van der Waals surface area contributed by atoms with Gasteiger partial charge >= 0.3 is 0 Å². The fourth-order valence-electron chi connectivity index (χ4n) is 0.943. The van der Waals surface area contributed by atoms with Crippen LogP contribution in [0.1, 0.15) is 34.1 Å². The molecule has 0 radical (unpaired) electrons. The molecule has 0 aromatic heterocycles. The molecule has 0 fully saturated rings. The Morgan fingerprint density at radius 3 is 2.27 bits per heavy atom. The Morgan fingerprint density at radius 2 is 1.87 bits per heavy atom. The number of carbonyl (C=O) groups is 2. The van der Waals surface area contributed by atoms with Crippen LogP contribution in [0, 0.1) is 0 Å². The van der Waals surface area contributed by atoms with Crippen molar-refractivity contribution in [3.05, 3.63) is 0 Å². The number of halogens is 1. The lowest BCUT2D eigenvalue weighted by molar-refractivity contribution is -0.129. The van der Waals surface area contributed by atoms with Gasteiger partial charge < -0.3 is 10.6 Å². The minimum atomic E-state index is -0.490. The van der Waals surface area contributed by atoms with Gasteiger partial charge in [-0.2, -0.15) is 0 Å². The minimum absolute atomic E-state index is 0.122. The molecule has 15 heavy (non-hydrogen) atoms. The number of carbonyl (C=O) groups excluding carboxylic acids is 2. The highest BCUT2D eigenvalue weighted by molar-refractivity contribution is 9.09. The Bertz CT molecular complexity index is 236. The van der Waals surface area contributed by atoms with Gasteiger partial charge in [0, 0.05) is 17.3 Å². The number of nitrogens with one attached hydrogen (secondary N) is 2. The van der Waals surface area contributed by atoms with E-state index in [1.807, 2.05) is 20.8 Å². The molecule has 0 aliphatic rings. The second-order valence-electron chi connectivity index (χ2n) is 4.47. The van der Waals surface area contributed by atoms with Gasteiger partial charge in [-0.05, 0) is 27.7 Å². The van der Waals surface area contributed by atoms with Crippen LogP contribution in [0.2, 0.25) is 0 Å². The van der Waals surface area contributed by atoms with Gasteiger partial charge in [-0.25, -0.2) is 0 Å². The Kier molecular flexibility index (Phi) is 5.87. The van der Waals surface area contributed by atoms with Gasteiger partial charge in [0.1, 0.15) is 6.04 Å². The van der Waals surface area contributed by atoms with E-state index < -0.39 is 6.04 Å². The van der Waals surface area contributed by atoms with E-state index >= 15 is 0 Å². The van der Waals surface area contributed by atoms with Crippen molar-refractivity contribution in [2.45, 2.75) is 45.7 Å². The predicted octanol–water partition coefficient (Wildman–Crippen LogP) is 1.19. The molecule has 0 rings (SSSR count). The Labute approximate surface area is 99.3 Å². The van der Waals surface area contributed by atoms with Crippen molar-refractivity contribution >= 4 is 27.7 Å². The molecule has 2 amide bonds. The van der Waals surface area contributed by atoms with E-state index in [4.69, 9.17) is 0 Å². The quantitative estimate of drug-likeness (QED) is 0.759. The summed E-state index contributed by atoms with van der Waals surface area (Å²) < 4.78 is 0. The van der Waals surface area contributed by atoms with Crippen molar-refractivity contribution in [1.82, 2.24) is 10.6 Å². The average Bonchev–Trinajstić information content (AvgIpc) is 2.00. The minimum Gasteiger partial charge on any atom is -0.350 e. The smallest absolute Gasteiger partial charge is 0.242 e. The first-order valence-corrected chi connectivity index (χ1v) is 6.06. The maximum Gasteiger partial charge on any atom is 0.242 e. The fourth-order valence-corrected chi connectivity index (χ4v) is 1.30. The van der Waals surface area contributed by atoms with Crippen molar-refractivity contribution in [2.75, 3.05) is 5.33 Å². The second-order valence-corrected chi connectivity index (χ2v) is 5.26. The molecule has 0 aromatic carbocycles. The lowest BCUT2D eigenvalue weighted by Crippen LogP contribution is -2.50. The molecule has 1 atom stereocenters. The summed E-state index contributed by atoms with van der Waals surface area (Å²) in [7, 11) is 0. The van der Waals surface area contributed by atoms with Gasteiger partial charge in [-0.3, -0.25) is 9.59 Å². The number of rotatable bonds is 4. The molecule has 0 aromatic rings. The van der Waals surface area contributed by atoms with Crippen molar-refractivity contribution in [2.24, 2.45) is 0 Å². The third-order valence-electron chi connectivity index (χ3n) is 1.59. The van der Waals surface area contributed by atoms with Crippen LogP contribution in [0.4, 0.5) is 0 Å². The first-order valence-electron chi connectivity index (χ1n) is 4.93.